The number of benzene rings is 3. The summed E-state index contributed by atoms with van der Waals surface area (Å²) in [6, 6.07) is 18.9. The lowest BCUT2D eigenvalue weighted by Crippen LogP contribution is -2.06. The molecule has 1 heterocycles. The molecule has 4 N–H and O–H groups in total. The highest BCUT2D eigenvalue weighted by Crippen LogP contribution is 2.32. The smallest absolute Gasteiger partial charge is 0.399 e. The fraction of sp³-hybridized carbons (Fsp3) is 0.0476. The van der Waals surface area contributed by atoms with Gasteiger partial charge < -0.3 is 11.5 Å². The van der Waals surface area contributed by atoms with Gasteiger partial charge in [0.05, 0.1) is 5.56 Å². The topological polar surface area (TPSA) is 82.8 Å². The molecule has 0 unspecified atom stereocenters. The van der Waals surface area contributed by atoms with Crippen LogP contribution in [0.4, 0.5) is 24.5 Å². The molecule has 146 valence electrons. The van der Waals surface area contributed by atoms with Crippen LogP contribution in [0.3, 0.4) is 0 Å². The maximum Gasteiger partial charge on any atom is 0.416 e. The van der Waals surface area contributed by atoms with Gasteiger partial charge in [0.15, 0.2) is 11.6 Å². The minimum atomic E-state index is -4.41. The Kier molecular flexibility index (Phi) is 4.46. The van der Waals surface area contributed by atoms with Gasteiger partial charge in [-0.2, -0.15) is 13.2 Å². The monoisotopic (exact) mass is 395 g/mol. The van der Waals surface area contributed by atoms with Crippen LogP contribution >= 0.6 is 0 Å². The molecule has 29 heavy (non-hydrogen) atoms. The molecule has 3 aromatic carbocycles. The van der Waals surface area contributed by atoms with Crippen molar-refractivity contribution in [1.82, 2.24) is 14.8 Å². The molecule has 0 aliphatic heterocycles. The number of anilines is 2. The Hall–Kier alpha value is -3.81. The Morgan fingerprint density at radius 1 is 0.621 bits per heavy atom. The Bertz CT molecular complexity index is 1070. The van der Waals surface area contributed by atoms with Crippen molar-refractivity contribution in [3.8, 4) is 28.5 Å². The van der Waals surface area contributed by atoms with Crippen LogP contribution in [0.2, 0.25) is 0 Å². The first kappa shape index (κ1) is 18.5. The van der Waals surface area contributed by atoms with E-state index in [0.29, 0.717) is 28.7 Å². The molecule has 4 rings (SSSR count). The van der Waals surface area contributed by atoms with Crippen LogP contribution in [-0.2, 0) is 6.18 Å². The molecule has 0 aliphatic carbocycles. The second kappa shape index (κ2) is 6.97. The lowest BCUT2D eigenvalue weighted by Gasteiger charge is -2.13. The van der Waals surface area contributed by atoms with E-state index >= 15 is 0 Å². The summed E-state index contributed by atoms with van der Waals surface area (Å²) in [5.41, 5.74) is 13.9. The summed E-state index contributed by atoms with van der Waals surface area (Å²) >= 11 is 0. The van der Waals surface area contributed by atoms with Crippen molar-refractivity contribution >= 4 is 11.4 Å². The lowest BCUT2D eigenvalue weighted by atomic mass is 10.1. The Balaban J connectivity index is 1.90. The fourth-order valence-corrected chi connectivity index (χ4v) is 2.97. The Labute approximate surface area is 164 Å². The number of hydrogen-bond donors (Lipinski definition) is 2. The zero-order valence-electron chi connectivity index (χ0n) is 15.1. The van der Waals surface area contributed by atoms with Crippen molar-refractivity contribution in [2.75, 3.05) is 11.5 Å². The van der Waals surface area contributed by atoms with Crippen molar-refractivity contribution in [2.24, 2.45) is 0 Å². The third-order valence-corrected chi connectivity index (χ3v) is 4.45. The number of halogens is 3. The zero-order chi connectivity index (χ0) is 20.6. The molecule has 1 aromatic heterocycles. The summed E-state index contributed by atoms with van der Waals surface area (Å²) < 4.78 is 40.6. The largest absolute Gasteiger partial charge is 0.416 e. The van der Waals surface area contributed by atoms with Crippen LogP contribution in [0.25, 0.3) is 28.5 Å². The first-order chi connectivity index (χ1) is 13.8. The average molecular weight is 395 g/mol. The number of rotatable bonds is 3. The molecule has 0 atom stereocenters. The standard InChI is InChI=1S/C21H16F3N5/c22-21(23,24)15-5-11-18(12-6-15)29-19(13-1-7-16(25)8-2-13)27-28-20(29)14-3-9-17(26)10-4-14/h1-12H,25-26H2. The van der Waals surface area contributed by atoms with E-state index in [2.05, 4.69) is 10.2 Å². The number of aromatic nitrogens is 3. The van der Waals surface area contributed by atoms with Gasteiger partial charge in [0.2, 0.25) is 0 Å². The number of nitrogens with zero attached hydrogens (tertiary/aromatic N) is 3. The molecule has 0 aliphatic rings. The van der Waals surface area contributed by atoms with E-state index in [1.807, 2.05) is 0 Å². The highest BCUT2D eigenvalue weighted by atomic mass is 19.4. The second-order valence-electron chi connectivity index (χ2n) is 6.47. The first-order valence-electron chi connectivity index (χ1n) is 8.68. The fourth-order valence-electron chi connectivity index (χ4n) is 2.97. The van der Waals surface area contributed by atoms with Crippen molar-refractivity contribution in [3.05, 3.63) is 78.4 Å². The van der Waals surface area contributed by atoms with E-state index < -0.39 is 11.7 Å². The lowest BCUT2D eigenvalue weighted by molar-refractivity contribution is -0.137. The summed E-state index contributed by atoms with van der Waals surface area (Å²) in [4.78, 5) is 0. The van der Waals surface area contributed by atoms with Gasteiger partial charge in [0.25, 0.3) is 0 Å². The molecule has 0 saturated carbocycles. The molecule has 0 fully saturated rings. The second-order valence-corrected chi connectivity index (χ2v) is 6.47. The summed E-state index contributed by atoms with van der Waals surface area (Å²) in [5.74, 6) is 0.966. The highest BCUT2D eigenvalue weighted by molar-refractivity contribution is 5.68. The van der Waals surface area contributed by atoms with Crippen molar-refractivity contribution in [3.63, 3.8) is 0 Å². The molecule has 4 aromatic rings. The van der Waals surface area contributed by atoms with E-state index in [4.69, 9.17) is 11.5 Å². The average Bonchev–Trinajstić information content (AvgIpc) is 3.13. The molecule has 0 saturated heterocycles. The van der Waals surface area contributed by atoms with Gasteiger partial charge in [0, 0.05) is 28.2 Å². The molecule has 0 bridgehead atoms. The Morgan fingerprint density at radius 3 is 1.41 bits per heavy atom. The quantitative estimate of drug-likeness (QED) is 0.489. The Morgan fingerprint density at radius 2 is 1.03 bits per heavy atom. The van der Waals surface area contributed by atoms with Gasteiger partial charge >= 0.3 is 6.18 Å². The predicted molar refractivity (Wildman–Crippen MR) is 106 cm³/mol. The van der Waals surface area contributed by atoms with Crippen LogP contribution in [0.15, 0.2) is 72.8 Å². The van der Waals surface area contributed by atoms with Crippen molar-refractivity contribution in [2.45, 2.75) is 6.18 Å². The minimum absolute atomic E-state index is 0.483. The molecule has 8 heteroatoms. The minimum Gasteiger partial charge on any atom is -0.399 e. The number of nitrogens with two attached hydrogens (primary N) is 2. The van der Waals surface area contributed by atoms with Crippen LogP contribution in [0, 0.1) is 0 Å². The number of alkyl halides is 3. The summed E-state index contributed by atoms with van der Waals surface area (Å²) in [6.07, 6.45) is -4.41. The predicted octanol–water partition coefficient (Wildman–Crippen LogP) is 4.78. The molecule has 0 amide bonds. The number of nitrogen functional groups attached to an aromatic ring is 2. The van der Waals surface area contributed by atoms with E-state index in [1.165, 1.54) is 12.1 Å². The molecular formula is C21H16F3N5. The van der Waals surface area contributed by atoms with Gasteiger partial charge in [-0.1, -0.05) is 0 Å². The first-order valence-corrected chi connectivity index (χ1v) is 8.68. The normalized spacial score (nSPS) is 11.6. The highest BCUT2D eigenvalue weighted by Gasteiger charge is 2.30. The summed E-state index contributed by atoms with van der Waals surface area (Å²) in [5, 5.41) is 8.56. The van der Waals surface area contributed by atoms with E-state index in [9.17, 15) is 13.2 Å². The van der Waals surface area contributed by atoms with Crippen LogP contribution in [0.5, 0.6) is 0 Å². The van der Waals surface area contributed by atoms with Gasteiger partial charge in [-0.15, -0.1) is 10.2 Å². The van der Waals surface area contributed by atoms with Crippen LogP contribution in [-0.4, -0.2) is 14.8 Å². The van der Waals surface area contributed by atoms with Crippen LogP contribution in [0.1, 0.15) is 5.56 Å². The zero-order valence-corrected chi connectivity index (χ0v) is 15.1. The van der Waals surface area contributed by atoms with Crippen molar-refractivity contribution < 1.29 is 13.2 Å². The molecule has 0 spiro atoms. The van der Waals surface area contributed by atoms with E-state index in [1.54, 1.807) is 53.1 Å². The SMILES string of the molecule is Nc1ccc(-c2nnc(-c3ccc(N)cc3)n2-c2ccc(C(F)(F)F)cc2)cc1. The summed E-state index contributed by atoms with van der Waals surface area (Å²) in [7, 11) is 0. The molecule has 5 nitrogen and oxygen atoms in total. The van der Waals surface area contributed by atoms with Crippen molar-refractivity contribution in [1.29, 1.82) is 0 Å². The van der Waals surface area contributed by atoms with E-state index in [-0.39, 0.29) is 0 Å². The van der Waals surface area contributed by atoms with Crippen LogP contribution < -0.4 is 11.5 Å². The molecule has 0 radical (unpaired) electrons. The van der Waals surface area contributed by atoms with E-state index in [0.717, 1.165) is 23.3 Å². The van der Waals surface area contributed by atoms with Gasteiger partial charge in [-0.25, -0.2) is 0 Å². The van der Waals surface area contributed by atoms with Gasteiger partial charge in [-0.05, 0) is 72.8 Å². The molecular weight excluding hydrogens is 379 g/mol. The maximum atomic E-state index is 13.0. The third kappa shape index (κ3) is 3.64. The number of hydrogen-bond acceptors (Lipinski definition) is 4. The van der Waals surface area contributed by atoms with Gasteiger partial charge in [-0.3, -0.25) is 4.57 Å². The third-order valence-electron chi connectivity index (χ3n) is 4.45. The van der Waals surface area contributed by atoms with Gasteiger partial charge in [0.1, 0.15) is 0 Å². The summed E-state index contributed by atoms with van der Waals surface area (Å²) in [6.45, 7) is 0. The maximum absolute atomic E-state index is 13.0.